The molecule has 0 radical (unpaired) electrons. The summed E-state index contributed by atoms with van der Waals surface area (Å²) in [5, 5.41) is 9.70. The van der Waals surface area contributed by atoms with E-state index in [0.717, 1.165) is 28.4 Å². The van der Waals surface area contributed by atoms with Crippen LogP contribution in [0.25, 0.3) is 65.3 Å². The van der Waals surface area contributed by atoms with E-state index in [2.05, 4.69) is 254 Å². The summed E-state index contributed by atoms with van der Waals surface area (Å²) in [6, 6.07) is 84.7. The topological polar surface area (TPSA) is 6.48 Å². The Balaban J connectivity index is 1.08. The van der Waals surface area contributed by atoms with Gasteiger partial charge in [-0.25, -0.2) is 0 Å². The number of rotatable bonds is 7. The van der Waals surface area contributed by atoms with E-state index >= 15 is 0 Å². The Kier molecular flexibility index (Phi) is 8.55. The molecule has 0 atom stereocenters. The summed E-state index contributed by atoms with van der Waals surface area (Å²) in [5.41, 5.74) is 14.5. The molecule has 0 N–H and O–H groups in total. The van der Waals surface area contributed by atoms with E-state index in [-0.39, 0.29) is 5.41 Å². The summed E-state index contributed by atoms with van der Waals surface area (Å²) < 4.78 is 0. The Morgan fingerprint density at radius 1 is 0.317 bits per heavy atom. The Labute approximate surface area is 368 Å². The Morgan fingerprint density at radius 2 is 0.778 bits per heavy atom. The van der Waals surface area contributed by atoms with Crippen molar-refractivity contribution in [1.82, 2.24) is 0 Å². The Hall–Kier alpha value is -7.94. The molecule has 2 heteroatoms. The number of fused-ring (bicyclic) bond motifs is 7. The summed E-state index contributed by atoms with van der Waals surface area (Å²) in [7, 11) is 0. The van der Waals surface area contributed by atoms with Crippen molar-refractivity contribution in [3.8, 4) is 22.3 Å². The van der Waals surface area contributed by atoms with Crippen LogP contribution in [0.1, 0.15) is 25.0 Å². The predicted molar refractivity (Wildman–Crippen MR) is 269 cm³/mol. The smallest absolute Gasteiger partial charge is 0.0619 e. The summed E-state index contributed by atoms with van der Waals surface area (Å²) in [6.07, 6.45) is 0. The average Bonchev–Trinajstić information content (AvgIpc) is 3.57. The van der Waals surface area contributed by atoms with Crippen molar-refractivity contribution in [2.75, 3.05) is 9.80 Å². The lowest BCUT2D eigenvalue weighted by Crippen LogP contribution is -2.17. The largest absolute Gasteiger partial charge is 0.310 e. The van der Waals surface area contributed by atoms with Crippen LogP contribution in [0.3, 0.4) is 0 Å². The number of benzene rings is 11. The zero-order chi connectivity index (χ0) is 42.1. The second-order valence-corrected chi connectivity index (χ2v) is 17.3. The fourth-order valence-electron chi connectivity index (χ4n) is 10.5. The lowest BCUT2D eigenvalue weighted by atomic mass is 9.82. The second-order valence-electron chi connectivity index (χ2n) is 17.3. The molecule has 0 bridgehead atoms. The van der Waals surface area contributed by atoms with Gasteiger partial charge in [0, 0.05) is 44.0 Å². The van der Waals surface area contributed by atoms with Gasteiger partial charge in [0.2, 0.25) is 0 Å². The highest BCUT2D eigenvalue weighted by atomic mass is 15.2. The Bertz CT molecular complexity index is 3480. The highest BCUT2D eigenvalue weighted by molar-refractivity contribution is 6.23. The molecule has 1 aliphatic rings. The van der Waals surface area contributed by atoms with Gasteiger partial charge in [-0.3, -0.25) is 0 Å². The van der Waals surface area contributed by atoms with E-state index in [1.54, 1.807) is 0 Å². The summed E-state index contributed by atoms with van der Waals surface area (Å²) in [5.74, 6) is 0. The summed E-state index contributed by atoms with van der Waals surface area (Å²) >= 11 is 0. The number of hydrogen-bond donors (Lipinski definition) is 0. The molecule has 0 saturated carbocycles. The van der Waals surface area contributed by atoms with Crippen LogP contribution in [0.5, 0.6) is 0 Å². The third kappa shape index (κ3) is 5.86. The average molecular weight is 805 g/mol. The first-order chi connectivity index (χ1) is 31.0. The second kappa shape index (κ2) is 14.6. The number of anilines is 6. The van der Waals surface area contributed by atoms with Gasteiger partial charge < -0.3 is 9.80 Å². The molecular weight excluding hydrogens is 761 g/mol. The molecule has 0 aromatic heterocycles. The van der Waals surface area contributed by atoms with Crippen molar-refractivity contribution in [3.63, 3.8) is 0 Å². The highest BCUT2D eigenvalue weighted by Gasteiger charge is 2.36. The zero-order valence-electron chi connectivity index (χ0n) is 35.3. The van der Waals surface area contributed by atoms with Crippen molar-refractivity contribution in [2.24, 2.45) is 0 Å². The molecule has 11 aromatic carbocycles. The maximum absolute atomic E-state index is 2.54. The number of hydrogen-bond acceptors (Lipinski definition) is 2. The molecule has 0 saturated heterocycles. The summed E-state index contributed by atoms with van der Waals surface area (Å²) in [6.45, 7) is 4.74. The normalized spacial score (nSPS) is 12.7. The molecular formula is C61H44N2. The minimum Gasteiger partial charge on any atom is -0.310 e. The van der Waals surface area contributed by atoms with Crippen molar-refractivity contribution in [2.45, 2.75) is 19.3 Å². The molecule has 12 rings (SSSR count). The first-order valence-corrected chi connectivity index (χ1v) is 21.9. The van der Waals surface area contributed by atoms with Crippen molar-refractivity contribution in [1.29, 1.82) is 0 Å². The number of para-hydroxylation sites is 1. The van der Waals surface area contributed by atoms with Gasteiger partial charge in [-0.15, -0.1) is 0 Å². The standard InChI is InChI=1S/C61H44N2/c1-61(2)55-31-15-14-26-49(55)50-39-38-46(40-56(50)61)63(58-33-17-21-42-19-7-9-25-48(42)58)60-53-29-12-10-27-51(53)59(52-28-11-13-30-54(52)60)43-34-36-45(37-35-43)62(44-22-4-3-5-23-44)57-32-16-20-41-18-6-8-24-47(41)57/h3-40H,1-2H3. The van der Waals surface area contributed by atoms with Crippen LogP contribution < -0.4 is 9.80 Å². The molecule has 63 heavy (non-hydrogen) atoms. The molecule has 1 aliphatic carbocycles. The maximum Gasteiger partial charge on any atom is 0.0619 e. The molecule has 298 valence electrons. The molecule has 0 unspecified atom stereocenters. The molecule has 0 spiro atoms. The first-order valence-electron chi connectivity index (χ1n) is 21.9. The monoisotopic (exact) mass is 804 g/mol. The quantitative estimate of drug-likeness (QED) is 0.148. The van der Waals surface area contributed by atoms with Crippen LogP contribution in [0.4, 0.5) is 34.1 Å². The van der Waals surface area contributed by atoms with E-state index in [4.69, 9.17) is 0 Å². The van der Waals surface area contributed by atoms with Gasteiger partial charge in [0.1, 0.15) is 0 Å². The van der Waals surface area contributed by atoms with E-state index in [1.807, 2.05) is 0 Å². The minimum atomic E-state index is -0.143. The molecule has 11 aromatic rings. The fraction of sp³-hybridized carbons (Fsp3) is 0.0492. The SMILES string of the molecule is CC1(C)c2ccccc2-c2ccc(N(c3cccc4ccccc34)c3c4ccccc4c(-c4ccc(N(c5ccccc5)c5cccc6ccccc56)cc4)c4ccccc34)cc21. The van der Waals surface area contributed by atoms with Gasteiger partial charge in [-0.05, 0) is 103 Å². The van der Waals surface area contributed by atoms with E-state index < -0.39 is 0 Å². The van der Waals surface area contributed by atoms with Gasteiger partial charge in [-0.2, -0.15) is 0 Å². The maximum atomic E-state index is 2.54. The zero-order valence-corrected chi connectivity index (χ0v) is 35.3. The molecule has 0 amide bonds. The third-order valence-corrected chi connectivity index (χ3v) is 13.4. The van der Waals surface area contributed by atoms with Gasteiger partial charge in [-0.1, -0.05) is 196 Å². The van der Waals surface area contributed by atoms with Gasteiger partial charge in [0.25, 0.3) is 0 Å². The van der Waals surface area contributed by atoms with E-state index in [0.29, 0.717) is 0 Å². The van der Waals surface area contributed by atoms with Crippen LogP contribution in [0.15, 0.2) is 231 Å². The molecule has 0 fully saturated rings. The first kappa shape index (κ1) is 36.9. The fourth-order valence-corrected chi connectivity index (χ4v) is 10.5. The van der Waals surface area contributed by atoms with Crippen LogP contribution in [-0.4, -0.2) is 0 Å². The Morgan fingerprint density at radius 3 is 1.41 bits per heavy atom. The van der Waals surface area contributed by atoms with Crippen molar-refractivity contribution < 1.29 is 0 Å². The lowest BCUT2D eigenvalue weighted by Gasteiger charge is -2.32. The van der Waals surface area contributed by atoms with Crippen molar-refractivity contribution >= 4 is 77.2 Å². The van der Waals surface area contributed by atoms with Crippen LogP contribution in [0.2, 0.25) is 0 Å². The molecule has 0 aliphatic heterocycles. The minimum absolute atomic E-state index is 0.143. The van der Waals surface area contributed by atoms with Gasteiger partial charge in [0.05, 0.1) is 17.1 Å². The van der Waals surface area contributed by atoms with Crippen LogP contribution in [-0.2, 0) is 5.41 Å². The lowest BCUT2D eigenvalue weighted by molar-refractivity contribution is 0.660. The van der Waals surface area contributed by atoms with E-state index in [1.165, 1.54) is 82.2 Å². The van der Waals surface area contributed by atoms with Gasteiger partial charge in [0.15, 0.2) is 0 Å². The highest BCUT2D eigenvalue weighted by Crippen LogP contribution is 2.53. The van der Waals surface area contributed by atoms with Crippen LogP contribution >= 0.6 is 0 Å². The van der Waals surface area contributed by atoms with Gasteiger partial charge >= 0.3 is 0 Å². The van der Waals surface area contributed by atoms with Crippen LogP contribution in [0, 0.1) is 0 Å². The summed E-state index contributed by atoms with van der Waals surface area (Å²) in [4.78, 5) is 4.92. The molecule has 0 heterocycles. The van der Waals surface area contributed by atoms with Crippen molar-refractivity contribution in [3.05, 3.63) is 242 Å². The molecule has 2 nitrogen and oxygen atoms in total. The van der Waals surface area contributed by atoms with E-state index in [9.17, 15) is 0 Å². The third-order valence-electron chi connectivity index (χ3n) is 13.4. The number of nitrogens with zero attached hydrogens (tertiary/aromatic N) is 2. The predicted octanol–water partition coefficient (Wildman–Crippen LogP) is 17.2.